The van der Waals surface area contributed by atoms with Gasteiger partial charge in [-0.15, -0.1) is 0 Å². The normalized spacial score (nSPS) is 16.5. The molecule has 8 nitrogen and oxygen atoms in total. The largest absolute Gasteiger partial charge is 0.493 e. The number of nitrogens with zero attached hydrogens (tertiary/aromatic N) is 2. The minimum absolute atomic E-state index is 0.0108. The molecular weight excluding hydrogens is 398 g/mol. The van der Waals surface area contributed by atoms with Gasteiger partial charge in [-0.05, 0) is 56.8 Å². The third kappa shape index (κ3) is 7.54. The van der Waals surface area contributed by atoms with Crippen molar-refractivity contribution in [3.8, 4) is 5.75 Å². The van der Waals surface area contributed by atoms with Crippen molar-refractivity contribution in [1.82, 2.24) is 9.80 Å². The van der Waals surface area contributed by atoms with Crippen molar-refractivity contribution < 1.29 is 24.2 Å². The average Bonchev–Trinajstić information content (AvgIpc) is 2.93. The summed E-state index contributed by atoms with van der Waals surface area (Å²) in [7, 11) is 0. The highest BCUT2D eigenvalue weighted by atomic mass is 16.5. The van der Waals surface area contributed by atoms with Crippen LogP contribution in [-0.4, -0.2) is 72.0 Å². The summed E-state index contributed by atoms with van der Waals surface area (Å²) in [6.07, 6.45) is 4.82. The molecule has 2 amide bonds. The zero-order valence-electron chi connectivity index (χ0n) is 18.6. The van der Waals surface area contributed by atoms with Crippen molar-refractivity contribution in [2.24, 2.45) is 11.7 Å². The molecule has 1 saturated carbocycles. The molecule has 2 aliphatic rings. The van der Waals surface area contributed by atoms with Gasteiger partial charge in [0.1, 0.15) is 5.75 Å². The van der Waals surface area contributed by atoms with Crippen LogP contribution in [0.4, 0.5) is 0 Å². The Morgan fingerprint density at radius 1 is 1.10 bits per heavy atom. The monoisotopic (exact) mass is 433 g/mol. The van der Waals surface area contributed by atoms with Crippen LogP contribution in [0.5, 0.6) is 5.75 Å². The highest BCUT2D eigenvalue weighted by Gasteiger charge is 2.31. The molecular formula is C23H35N3O5. The third-order valence-corrected chi connectivity index (χ3v) is 5.59. The van der Waals surface area contributed by atoms with Crippen LogP contribution in [-0.2, 0) is 9.59 Å². The molecule has 0 unspecified atom stereocenters. The SMILES string of the molecule is CC(=O)O.Cc1ccc(C(=O)N2CCCN(C(=O)C3CCC3)CC2)cc1OCCCN. The van der Waals surface area contributed by atoms with Crippen LogP contribution < -0.4 is 10.5 Å². The van der Waals surface area contributed by atoms with Crippen LogP contribution in [0.3, 0.4) is 0 Å². The number of carboxylic acids is 1. The minimum Gasteiger partial charge on any atom is -0.493 e. The van der Waals surface area contributed by atoms with Gasteiger partial charge < -0.3 is 25.4 Å². The topological polar surface area (TPSA) is 113 Å². The molecule has 0 bridgehead atoms. The molecule has 1 heterocycles. The fourth-order valence-corrected chi connectivity index (χ4v) is 3.59. The molecule has 31 heavy (non-hydrogen) atoms. The molecule has 1 aliphatic heterocycles. The van der Waals surface area contributed by atoms with Gasteiger partial charge in [0.25, 0.3) is 11.9 Å². The molecule has 2 fully saturated rings. The van der Waals surface area contributed by atoms with E-state index in [2.05, 4.69) is 0 Å². The number of rotatable bonds is 6. The van der Waals surface area contributed by atoms with E-state index >= 15 is 0 Å². The number of ether oxygens (including phenoxy) is 1. The maximum atomic E-state index is 13.0. The van der Waals surface area contributed by atoms with E-state index in [-0.39, 0.29) is 17.7 Å². The molecule has 3 N–H and O–H groups in total. The molecule has 1 aromatic rings. The second kappa shape index (κ2) is 12.3. The van der Waals surface area contributed by atoms with E-state index in [0.29, 0.717) is 38.3 Å². The Kier molecular flexibility index (Phi) is 9.78. The molecule has 1 aromatic carbocycles. The van der Waals surface area contributed by atoms with Gasteiger partial charge in [-0.2, -0.15) is 0 Å². The number of hydrogen-bond acceptors (Lipinski definition) is 5. The fourth-order valence-electron chi connectivity index (χ4n) is 3.59. The second-order valence-electron chi connectivity index (χ2n) is 8.09. The molecule has 1 aliphatic carbocycles. The van der Waals surface area contributed by atoms with E-state index in [1.165, 1.54) is 0 Å². The lowest BCUT2D eigenvalue weighted by Gasteiger charge is -2.31. The molecule has 172 valence electrons. The molecule has 0 spiro atoms. The predicted molar refractivity (Wildman–Crippen MR) is 118 cm³/mol. The quantitative estimate of drug-likeness (QED) is 0.666. The van der Waals surface area contributed by atoms with Crippen molar-refractivity contribution in [3.05, 3.63) is 29.3 Å². The minimum atomic E-state index is -0.833. The van der Waals surface area contributed by atoms with Gasteiger partial charge in [0.2, 0.25) is 5.91 Å². The van der Waals surface area contributed by atoms with E-state index in [4.69, 9.17) is 20.4 Å². The number of benzene rings is 1. The third-order valence-electron chi connectivity index (χ3n) is 5.59. The van der Waals surface area contributed by atoms with Crippen molar-refractivity contribution >= 4 is 17.8 Å². The fraction of sp³-hybridized carbons (Fsp3) is 0.609. The Bertz CT molecular complexity index is 760. The Hall–Kier alpha value is -2.61. The van der Waals surface area contributed by atoms with Gasteiger partial charge >= 0.3 is 0 Å². The standard InChI is InChI=1S/C21H31N3O3.C2H4O2/c1-16-7-8-18(15-19(16)27-14-3-9-22)21(26)24-11-4-10-23(12-13-24)20(25)17-5-2-6-17;1-2(3)4/h7-8,15,17H,2-6,9-14,22H2,1H3;1H3,(H,3,4). The van der Waals surface area contributed by atoms with Gasteiger partial charge in [0.15, 0.2) is 0 Å². The summed E-state index contributed by atoms with van der Waals surface area (Å²) in [5.41, 5.74) is 7.17. The number of aryl methyl sites for hydroxylation is 1. The highest BCUT2D eigenvalue weighted by molar-refractivity contribution is 5.94. The Morgan fingerprint density at radius 3 is 2.35 bits per heavy atom. The van der Waals surface area contributed by atoms with Crippen LogP contribution >= 0.6 is 0 Å². The molecule has 0 atom stereocenters. The Morgan fingerprint density at radius 2 is 1.74 bits per heavy atom. The van der Waals surface area contributed by atoms with Gasteiger partial charge in [0, 0.05) is 44.6 Å². The Balaban J connectivity index is 0.000000785. The van der Waals surface area contributed by atoms with E-state index < -0.39 is 5.97 Å². The summed E-state index contributed by atoms with van der Waals surface area (Å²) >= 11 is 0. The average molecular weight is 434 g/mol. The summed E-state index contributed by atoms with van der Waals surface area (Å²) in [5.74, 6) is 0.418. The first-order valence-corrected chi connectivity index (χ1v) is 11.0. The lowest BCUT2D eigenvalue weighted by molar-refractivity contribution is -0.138. The number of carbonyl (C=O) groups is 3. The second-order valence-corrected chi connectivity index (χ2v) is 8.09. The van der Waals surface area contributed by atoms with Gasteiger partial charge in [-0.1, -0.05) is 12.5 Å². The van der Waals surface area contributed by atoms with Crippen LogP contribution in [0.25, 0.3) is 0 Å². The number of aliphatic carboxylic acids is 1. The summed E-state index contributed by atoms with van der Waals surface area (Å²) in [6.45, 7) is 6.85. The van der Waals surface area contributed by atoms with E-state index in [0.717, 1.165) is 56.9 Å². The van der Waals surface area contributed by atoms with E-state index in [9.17, 15) is 9.59 Å². The summed E-state index contributed by atoms with van der Waals surface area (Å²) < 4.78 is 5.77. The lowest BCUT2D eigenvalue weighted by atomic mass is 9.84. The number of carbonyl (C=O) groups excluding carboxylic acids is 2. The van der Waals surface area contributed by atoms with E-state index in [1.54, 1.807) is 0 Å². The number of hydrogen-bond donors (Lipinski definition) is 2. The summed E-state index contributed by atoms with van der Waals surface area (Å²) in [6, 6.07) is 5.61. The molecule has 8 heteroatoms. The number of carboxylic acid groups (broad SMARTS) is 1. The van der Waals surface area contributed by atoms with Crippen LogP contribution in [0.2, 0.25) is 0 Å². The summed E-state index contributed by atoms with van der Waals surface area (Å²) in [4.78, 5) is 38.3. The summed E-state index contributed by atoms with van der Waals surface area (Å²) in [5, 5.41) is 7.42. The number of nitrogens with two attached hydrogens (primary N) is 1. The first-order chi connectivity index (χ1) is 14.8. The van der Waals surface area contributed by atoms with Crippen molar-refractivity contribution in [2.75, 3.05) is 39.3 Å². The molecule has 1 saturated heterocycles. The van der Waals surface area contributed by atoms with E-state index in [1.807, 2.05) is 34.9 Å². The first kappa shape index (κ1) is 24.7. The lowest BCUT2D eigenvalue weighted by Crippen LogP contribution is -2.41. The molecule has 0 radical (unpaired) electrons. The van der Waals surface area contributed by atoms with Crippen LogP contribution in [0.15, 0.2) is 18.2 Å². The zero-order chi connectivity index (χ0) is 22.8. The molecule has 0 aromatic heterocycles. The van der Waals surface area contributed by atoms with Crippen LogP contribution in [0, 0.1) is 12.8 Å². The zero-order valence-corrected chi connectivity index (χ0v) is 18.6. The van der Waals surface area contributed by atoms with Gasteiger partial charge in [-0.3, -0.25) is 14.4 Å². The van der Waals surface area contributed by atoms with Gasteiger partial charge in [0.05, 0.1) is 6.61 Å². The van der Waals surface area contributed by atoms with Crippen LogP contribution in [0.1, 0.15) is 54.9 Å². The Labute approximate surface area is 184 Å². The van der Waals surface area contributed by atoms with Crippen molar-refractivity contribution in [2.45, 2.75) is 46.0 Å². The predicted octanol–water partition coefficient (Wildman–Crippen LogP) is 2.29. The number of amides is 2. The maximum absolute atomic E-state index is 13.0. The smallest absolute Gasteiger partial charge is 0.300 e. The maximum Gasteiger partial charge on any atom is 0.300 e. The van der Waals surface area contributed by atoms with Crippen molar-refractivity contribution in [1.29, 1.82) is 0 Å². The first-order valence-electron chi connectivity index (χ1n) is 11.0. The molecule has 3 rings (SSSR count). The van der Waals surface area contributed by atoms with Gasteiger partial charge in [-0.25, -0.2) is 0 Å². The van der Waals surface area contributed by atoms with Crippen molar-refractivity contribution in [3.63, 3.8) is 0 Å². The highest BCUT2D eigenvalue weighted by Crippen LogP contribution is 2.28.